The van der Waals surface area contributed by atoms with Gasteiger partial charge in [0.25, 0.3) is 0 Å². The first-order valence-electron chi connectivity index (χ1n) is 8.07. The highest BCUT2D eigenvalue weighted by Gasteiger charge is 2.32. The van der Waals surface area contributed by atoms with Crippen molar-refractivity contribution in [2.45, 2.75) is 20.0 Å². The smallest absolute Gasteiger partial charge is 0.369 e. The number of nitrogens with zero attached hydrogens (tertiary/aromatic N) is 3. The fourth-order valence-electron chi connectivity index (χ4n) is 3.21. The van der Waals surface area contributed by atoms with Gasteiger partial charge in [0.2, 0.25) is 0 Å². The van der Waals surface area contributed by atoms with Crippen molar-refractivity contribution in [3.05, 3.63) is 47.3 Å². The number of likely N-dealkylation sites (N-methyl/N-ethyl adjacent to an activating group) is 1. The molecule has 0 spiro atoms. The number of hydrogen-bond donors (Lipinski definition) is 0. The number of rotatable bonds is 2. The van der Waals surface area contributed by atoms with E-state index in [-0.39, 0.29) is 0 Å². The Labute approximate surface area is 140 Å². The molecule has 0 radical (unpaired) electrons. The Bertz CT molecular complexity index is 706. The Balaban J connectivity index is 2.08. The molecule has 1 saturated heterocycles. The average Bonchev–Trinajstić information content (AvgIpc) is 2.85. The second-order valence-electron chi connectivity index (χ2n) is 6.48. The molecule has 3 nitrogen and oxygen atoms in total. The Hall–Kier alpha value is -1.95. The quantitative estimate of drug-likeness (QED) is 0.824. The summed E-state index contributed by atoms with van der Waals surface area (Å²) in [4.78, 5) is 4.22. The third-order valence-electron chi connectivity index (χ3n) is 4.63. The molecule has 0 bridgehead atoms. The normalized spacial score (nSPS) is 16.7. The molecule has 0 saturated carbocycles. The number of halogens is 3. The van der Waals surface area contributed by atoms with Crippen molar-refractivity contribution in [1.82, 2.24) is 9.47 Å². The van der Waals surface area contributed by atoms with Crippen molar-refractivity contribution in [1.29, 1.82) is 0 Å². The molecule has 3 rings (SSSR count). The summed E-state index contributed by atoms with van der Waals surface area (Å²) in [7, 11) is 2.03. The second kappa shape index (κ2) is 6.16. The Kier molecular flexibility index (Phi) is 4.34. The molecule has 0 N–H and O–H groups in total. The van der Waals surface area contributed by atoms with E-state index in [9.17, 15) is 13.2 Å². The van der Waals surface area contributed by atoms with Gasteiger partial charge in [-0.2, -0.15) is 13.2 Å². The van der Waals surface area contributed by atoms with Crippen molar-refractivity contribution < 1.29 is 13.2 Å². The van der Waals surface area contributed by atoms with Crippen molar-refractivity contribution in [3.8, 4) is 5.69 Å². The predicted molar refractivity (Wildman–Crippen MR) is 90.0 cm³/mol. The molecule has 1 fully saturated rings. The van der Waals surface area contributed by atoms with Crippen LogP contribution in [0, 0.1) is 13.8 Å². The first-order valence-corrected chi connectivity index (χ1v) is 8.07. The SMILES string of the molecule is Cc1ccc(C)n1-c1cc(N2CCN(C)CC2)cc(C(F)(F)F)c1. The average molecular weight is 337 g/mol. The van der Waals surface area contributed by atoms with Crippen molar-refractivity contribution in [2.24, 2.45) is 0 Å². The fraction of sp³-hybridized carbons (Fsp3) is 0.444. The summed E-state index contributed by atoms with van der Waals surface area (Å²) in [6.45, 7) is 6.99. The summed E-state index contributed by atoms with van der Waals surface area (Å²) < 4.78 is 42.0. The highest BCUT2D eigenvalue weighted by Crippen LogP contribution is 2.35. The van der Waals surface area contributed by atoms with Gasteiger partial charge >= 0.3 is 6.18 Å². The van der Waals surface area contributed by atoms with E-state index in [4.69, 9.17) is 0 Å². The number of benzene rings is 1. The minimum Gasteiger partial charge on any atom is -0.369 e. The van der Waals surface area contributed by atoms with Crippen LogP contribution in [-0.2, 0) is 6.18 Å². The number of anilines is 1. The maximum atomic E-state index is 13.4. The maximum absolute atomic E-state index is 13.4. The zero-order chi connectivity index (χ0) is 17.5. The molecule has 0 unspecified atom stereocenters. The molecule has 1 aliphatic rings. The molecule has 0 atom stereocenters. The standard InChI is InChI=1S/C18H22F3N3/c1-13-4-5-14(2)24(13)17-11-15(18(19,20)21)10-16(12-17)23-8-6-22(3)7-9-23/h4-5,10-12H,6-9H2,1-3H3. The van der Waals surface area contributed by atoms with Crippen LogP contribution in [0.4, 0.5) is 18.9 Å². The number of piperazine rings is 1. The molecular weight excluding hydrogens is 315 g/mol. The highest BCUT2D eigenvalue weighted by atomic mass is 19.4. The minimum atomic E-state index is -4.35. The van der Waals surface area contributed by atoms with Crippen molar-refractivity contribution in [2.75, 3.05) is 38.1 Å². The van der Waals surface area contributed by atoms with Crippen LogP contribution in [-0.4, -0.2) is 42.7 Å². The molecule has 2 aromatic rings. The van der Waals surface area contributed by atoms with E-state index in [1.807, 2.05) is 48.6 Å². The predicted octanol–water partition coefficient (Wildman–Crippen LogP) is 3.86. The van der Waals surface area contributed by atoms with E-state index < -0.39 is 11.7 Å². The number of alkyl halides is 3. The lowest BCUT2D eigenvalue weighted by molar-refractivity contribution is -0.137. The van der Waals surface area contributed by atoms with Crippen LogP contribution < -0.4 is 4.90 Å². The van der Waals surface area contributed by atoms with Gasteiger partial charge in [-0.1, -0.05) is 0 Å². The minimum absolute atomic E-state index is 0.568. The molecule has 2 heterocycles. The number of hydrogen-bond acceptors (Lipinski definition) is 2. The Morgan fingerprint density at radius 2 is 1.38 bits per heavy atom. The van der Waals surface area contributed by atoms with Gasteiger partial charge in [0.15, 0.2) is 0 Å². The number of aryl methyl sites for hydroxylation is 2. The summed E-state index contributed by atoms with van der Waals surface area (Å²) in [6.07, 6.45) is -4.35. The van der Waals surface area contributed by atoms with Crippen LogP contribution >= 0.6 is 0 Å². The number of aromatic nitrogens is 1. The van der Waals surface area contributed by atoms with Gasteiger partial charge in [0, 0.05) is 48.9 Å². The van der Waals surface area contributed by atoms with Gasteiger partial charge in [-0.05, 0) is 51.2 Å². The third-order valence-corrected chi connectivity index (χ3v) is 4.63. The van der Waals surface area contributed by atoms with E-state index in [2.05, 4.69) is 4.90 Å². The second-order valence-corrected chi connectivity index (χ2v) is 6.48. The van der Waals surface area contributed by atoms with E-state index >= 15 is 0 Å². The van der Waals surface area contributed by atoms with E-state index in [0.717, 1.165) is 37.6 Å². The van der Waals surface area contributed by atoms with E-state index in [0.29, 0.717) is 11.4 Å². The molecule has 1 aliphatic heterocycles. The topological polar surface area (TPSA) is 11.4 Å². The lowest BCUT2D eigenvalue weighted by atomic mass is 10.1. The largest absolute Gasteiger partial charge is 0.416 e. The molecule has 0 amide bonds. The molecule has 1 aromatic heterocycles. The first-order chi connectivity index (χ1) is 11.3. The summed E-state index contributed by atoms with van der Waals surface area (Å²) in [6, 6.07) is 8.21. The fourth-order valence-corrected chi connectivity index (χ4v) is 3.21. The van der Waals surface area contributed by atoms with Crippen LogP contribution in [0.2, 0.25) is 0 Å². The van der Waals surface area contributed by atoms with Crippen molar-refractivity contribution in [3.63, 3.8) is 0 Å². The van der Waals surface area contributed by atoms with E-state index in [1.165, 1.54) is 12.1 Å². The highest BCUT2D eigenvalue weighted by molar-refractivity contribution is 5.58. The summed E-state index contributed by atoms with van der Waals surface area (Å²) in [5.41, 5.74) is 2.47. The maximum Gasteiger partial charge on any atom is 0.416 e. The van der Waals surface area contributed by atoms with Crippen LogP contribution in [0.15, 0.2) is 30.3 Å². The van der Waals surface area contributed by atoms with Crippen LogP contribution in [0.25, 0.3) is 5.69 Å². The first kappa shape index (κ1) is 16.9. The van der Waals surface area contributed by atoms with Gasteiger partial charge in [0.05, 0.1) is 5.56 Å². The van der Waals surface area contributed by atoms with Gasteiger partial charge in [-0.25, -0.2) is 0 Å². The molecule has 130 valence electrons. The monoisotopic (exact) mass is 337 g/mol. The Morgan fingerprint density at radius 1 is 0.833 bits per heavy atom. The summed E-state index contributed by atoms with van der Waals surface area (Å²) >= 11 is 0. The molecular formula is C18H22F3N3. The van der Waals surface area contributed by atoms with Gasteiger partial charge in [0.1, 0.15) is 0 Å². The van der Waals surface area contributed by atoms with Crippen LogP contribution in [0.5, 0.6) is 0 Å². The molecule has 6 heteroatoms. The molecule has 1 aromatic carbocycles. The summed E-state index contributed by atoms with van der Waals surface area (Å²) in [5.74, 6) is 0. The molecule has 0 aliphatic carbocycles. The lowest BCUT2D eigenvalue weighted by Crippen LogP contribution is -2.44. The van der Waals surface area contributed by atoms with Crippen molar-refractivity contribution >= 4 is 5.69 Å². The van der Waals surface area contributed by atoms with Crippen LogP contribution in [0.3, 0.4) is 0 Å². The third kappa shape index (κ3) is 3.29. The van der Waals surface area contributed by atoms with Gasteiger partial charge in [-0.3, -0.25) is 0 Å². The molecule has 24 heavy (non-hydrogen) atoms. The zero-order valence-electron chi connectivity index (χ0n) is 14.2. The van der Waals surface area contributed by atoms with Gasteiger partial charge < -0.3 is 14.4 Å². The zero-order valence-corrected chi connectivity index (χ0v) is 14.2. The Morgan fingerprint density at radius 3 is 1.92 bits per heavy atom. The summed E-state index contributed by atoms with van der Waals surface area (Å²) in [5, 5.41) is 0. The van der Waals surface area contributed by atoms with Gasteiger partial charge in [-0.15, -0.1) is 0 Å². The van der Waals surface area contributed by atoms with E-state index in [1.54, 1.807) is 0 Å². The lowest BCUT2D eigenvalue weighted by Gasteiger charge is -2.34. The van der Waals surface area contributed by atoms with Crippen LogP contribution in [0.1, 0.15) is 17.0 Å².